The predicted octanol–water partition coefficient (Wildman–Crippen LogP) is 2.45. The molecule has 0 aliphatic carbocycles. The number of allylic oxidation sites excluding steroid dienone is 1. The monoisotopic (exact) mass is 355 g/mol. The maximum absolute atomic E-state index is 12.4. The largest absolute Gasteiger partial charge is 0.478 e. The summed E-state index contributed by atoms with van der Waals surface area (Å²) in [4.78, 5) is 39.1. The van der Waals surface area contributed by atoms with Crippen LogP contribution in [-0.4, -0.2) is 31.7 Å². The van der Waals surface area contributed by atoms with Gasteiger partial charge in [-0.2, -0.15) is 0 Å². The predicted molar refractivity (Wildman–Crippen MR) is 94.4 cm³/mol. The van der Waals surface area contributed by atoms with Crippen molar-refractivity contribution in [3.05, 3.63) is 64.0 Å². The van der Waals surface area contributed by atoms with Gasteiger partial charge in [0.05, 0.1) is 11.3 Å². The number of para-hydroxylation sites is 1. The minimum Gasteiger partial charge on any atom is -0.478 e. The molecule has 8 nitrogen and oxygen atoms in total. The van der Waals surface area contributed by atoms with Crippen LogP contribution in [0.2, 0.25) is 0 Å². The zero-order chi connectivity index (χ0) is 18.8. The van der Waals surface area contributed by atoms with Gasteiger partial charge in [-0.05, 0) is 31.9 Å². The molecular formula is C18H17N3O5. The molecule has 0 radical (unpaired) electrons. The number of anilines is 1. The summed E-state index contributed by atoms with van der Waals surface area (Å²) in [5.41, 5.74) is 0.289. The molecule has 0 spiro atoms. The molecule has 1 atom stereocenters. The Labute approximate surface area is 148 Å². The number of nitrogens with zero attached hydrogens (tertiary/aromatic N) is 2. The van der Waals surface area contributed by atoms with E-state index in [0.29, 0.717) is 29.9 Å². The second-order valence-corrected chi connectivity index (χ2v) is 6.03. The van der Waals surface area contributed by atoms with Gasteiger partial charge in [-0.1, -0.05) is 12.1 Å². The third-order valence-electron chi connectivity index (χ3n) is 4.34. The van der Waals surface area contributed by atoms with Gasteiger partial charge >= 0.3 is 11.9 Å². The van der Waals surface area contributed by atoms with E-state index < -0.39 is 17.5 Å². The summed E-state index contributed by atoms with van der Waals surface area (Å²) in [6, 6.07) is 6.30. The van der Waals surface area contributed by atoms with Crippen molar-refractivity contribution in [2.45, 2.75) is 25.8 Å². The van der Waals surface area contributed by atoms with Gasteiger partial charge in [-0.15, -0.1) is 0 Å². The summed E-state index contributed by atoms with van der Waals surface area (Å²) >= 11 is 0. The third-order valence-corrected chi connectivity index (χ3v) is 4.34. The molecule has 26 heavy (non-hydrogen) atoms. The molecule has 8 heteroatoms. The molecule has 3 N–H and O–H groups in total. The molecule has 0 saturated carbocycles. The first kappa shape index (κ1) is 17.4. The van der Waals surface area contributed by atoms with Crippen molar-refractivity contribution in [1.29, 1.82) is 0 Å². The second kappa shape index (κ2) is 6.83. The number of hydrogen-bond acceptors (Lipinski definition) is 5. The van der Waals surface area contributed by atoms with Crippen LogP contribution in [0.1, 0.15) is 52.3 Å². The van der Waals surface area contributed by atoms with Crippen LogP contribution in [-0.2, 0) is 0 Å². The summed E-state index contributed by atoms with van der Waals surface area (Å²) < 4.78 is 1.38. The van der Waals surface area contributed by atoms with Crippen molar-refractivity contribution >= 4 is 23.2 Å². The highest BCUT2D eigenvalue weighted by molar-refractivity contribution is 5.94. The molecule has 1 aromatic heterocycles. The number of fused-ring (bicyclic) bond motifs is 1. The highest BCUT2D eigenvalue weighted by atomic mass is 16.4. The SMILES string of the molecule is CC1CC/C(=C\Nc2ccccc2C(=O)O)c2ncc(C(=O)O)c(=O)n21. The maximum atomic E-state index is 12.4. The number of aromatic carboxylic acids is 2. The van der Waals surface area contributed by atoms with Gasteiger partial charge in [0, 0.05) is 24.0 Å². The summed E-state index contributed by atoms with van der Waals surface area (Å²) in [6.07, 6.45) is 3.95. The Morgan fingerprint density at radius 3 is 2.62 bits per heavy atom. The Bertz CT molecular complexity index is 977. The van der Waals surface area contributed by atoms with Gasteiger partial charge < -0.3 is 15.5 Å². The van der Waals surface area contributed by atoms with Gasteiger partial charge in [0.25, 0.3) is 5.56 Å². The third kappa shape index (κ3) is 3.08. The molecule has 1 aliphatic heterocycles. The highest BCUT2D eigenvalue weighted by Crippen LogP contribution is 2.30. The van der Waals surface area contributed by atoms with Gasteiger partial charge in [0.2, 0.25) is 0 Å². The van der Waals surface area contributed by atoms with Crippen LogP contribution in [0, 0.1) is 0 Å². The standard InChI is InChI=1S/C18H17N3O5/c1-10-6-7-11(8-19-14-5-3-2-4-12(14)17(23)24)15-20-9-13(18(25)26)16(22)21(10)15/h2-5,8-10,19H,6-7H2,1H3,(H,23,24)(H,25,26)/b11-8+. The number of hydrogen-bond donors (Lipinski definition) is 3. The number of carboxylic acids is 2. The fourth-order valence-electron chi connectivity index (χ4n) is 2.96. The van der Waals surface area contributed by atoms with E-state index in [4.69, 9.17) is 5.11 Å². The summed E-state index contributed by atoms with van der Waals surface area (Å²) in [6.45, 7) is 1.84. The summed E-state index contributed by atoms with van der Waals surface area (Å²) in [5, 5.41) is 21.3. The lowest BCUT2D eigenvalue weighted by molar-refractivity contribution is 0.0684. The van der Waals surface area contributed by atoms with Crippen LogP contribution in [0.4, 0.5) is 5.69 Å². The van der Waals surface area contributed by atoms with Crippen LogP contribution in [0.3, 0.4) is 0 Å². The Morgan fingerprint density at radius 2 is 1.92 bits per heavy atom. The van der Waals surface area contributed by atoms with Crippen molar-refractivity contribution < 1.29 is 19.8 Å². The topological polar surface area (TPSA) is 122 Å². The minimum absolute atomic E-state index is 0.125. The quantitative estimate of drug-likeness (QED) is 0.770. The normalized spacial score (nSPS) is 17.6. The first-order chi connectivity index (χ1) is 12.4. The zero-order valence-electron chi connectivity index (χ0n) is 14.0. The number of carbonyl (C=O) groups is 2. The van der Waals surface area contributed by atoms with E-state index in [1.54, 1.807) is 24.4 Å². The number of benzene rings is 1. The average Bonchev–Trinajstić information content (AvgIpc) is 2.61. The summed E-state index contributed by atoms with van der Waals surface area (Å²) in [7, 11) is 0. The van der Waals surface area contributed by atoms with E-state index in [0.717, 1.165) is 6.20 Å². The zero-order valence-corrected chi connectivity index (χ0v) is 14.0. The van der Waals surface area contributed by atoms with E-state index >= 15 is 0 Å². The molecule has 1 aromatic carbocycles. The molecule has 0 fully saturated rings. The molecule has 0 amide bonds. The van der Waals surface area contributed by atoms with Gasteiger partial charge in [0.1, 0.15) is 11.4 Å². The van der Waals surface area contributed by atoms with Crippen molar-refractivity contribution in [1.82, 2.24) is 9.55 Å². The fraction of sp³-hybridized carbons (Fsp3) is 0.222. The first-order valence-corrected chi connectivity index (χ1v) is 8.03. The van der Waals surface area contributed by atoms with E-state index in [9.17, 15) is 19.5 Å². The minimum atomic E-state index is -1.31. The molecule has 1 unspecified atom stereocenters. The van der Waals surface area contributed by atoms with Gasteiger partial charge in [-0.25, -0.2) is 14.6 Å². The lowest BCUT2D eigenvalue weighted by Crippen LogP contribution is -2.34. The second-order valence-electron chi connectivity index (χ2n) is 6.03. The van der Waals surface area contributed by atoms with Crippen LogP contribution in [0.15, 0.2) is 41.5 Å². The van der Waals surface area contributed by atoms with Crippen LogP contribution in [0.5, 0.6) is 0 Å². The average molecular weight is 355 g/mol. The highest BCUT2D eigenvalue weighted by Gasteiger charge is 2.25. The van der Waals surface area contributed by atoms with Crippen LogP contribution in [0.25, 0.3) is 5.57 Å². The smallest absolute Gasteiger partial charge is 0.342 e. The Kier molecular flexibility index (Phi) is 4.57. The van der Waals surface area contributed by atoms with Gasteiger partial charge in [0.15, 0.2) is 0 Å². The Morgan fingerprint density at radius 1 is 1.23 bits per heavy atom. The van der Waals surface area contributed by atoms with Crippen LogP contribution >= 0.6 is 0 Å². The van der Waals surface area contributed by atoms with Crippen molar-refractivity contribution in [3.8, 4) is 0 Å². The lowest BCUT2D eigenvalue weighted by atomic mass is 10.0. The molecule has 0 saturated heterocycles. The van der Waals surface area contributed by atoms with E-state index in [1.807, 2.05) is 6.92 Å². The number of rotatable bonds is 4. The Hall–Kier alpha value is -3.42. The molecule has 1 aliphatic rings. The molecule has 0 bridgehead atoms. The fourth-order valence-corrected chi connectivity index (χ4v) is 2.96. The molecule has 3 rings (SSSR count). The van der Waals surface area contributed by atoms with Gasteiger partial charge in [-0.3, -0.25) is 9.36 Å². The molecular weight excluding hydrogens is 338 g/mol. The van der Waals surface area contributed by atoms with Crippen molar-refractivity contribution in [2.24, 2.45) is 0 Å². The van der Waals surface area contributed by atoms with Crippen LogP contribution < -0.4 is 10.9 Å². The lowest BCUT2D eigenvalue weighted by Gasteiger charge is -2.26. The maximum Gasteiger partial charge on any atom is 0.342 e. The van der Waals surface area contributed by atoms with E-state index in [1.165, 1.54) is 10.6 Å². The number of nitrogens with one attached hydrogen (secondary N) is 1. The number of aromatic nitrogens is 2. The Balaban J connectivity index is 2.02. The van der Waals surface area contributed by atoms with E-state index in [-0.39, 0.29) is 17.2 Å². The molecule has 2 aromatic rings. The van der Waals surface area contributed by atoms with Crippen molar-refractivity contribution in [3.63, 3.8) is 0 Å². The first-order valence-electron chi connectivity index (χ1n) is 8.03. The van der Waals surface area contributed by atoms with Crippen molar-refractivity contribution in [2.75, 3.05) is 5.32 Å². The summed E-state index contributed by atoms with van der Waals surface area (Å²) in [5.74, 6) is -1.97. The number of carboxylic acid groups (broad SMARTS) is 2. The van der Waals surface area contributed by atoms with E-state index in [2.05, 4.69) is 10.3 Å². The molecule has 134 valence electrons. The molecule has 2 heterocycles.